The zero-order chi connectivity index (χ0) is 21.3. The largest absolute Gasteiger partial charge is 0.504 e. The fourth-order valence-corrected chi connectivity index (χ4v) is 3.09. The van der Waals surface area contributed by atoms with E-state index in [1.807, 2.05) is 31.2 Å². The predicted molar refractivity (Wildman–Crippen MR) is 115 cm³/mol. The predicted octanol–water partition coefficient (Wildman–Crippen LogP) is 2.64. The fourth-order valence-electron chi connectivity index (χ4n) is 3.09. The van der Waals surface area contributed by atoms with Crippen LogP contribution >= 0.6 is 0 Å². The van der Waals surface area contributed by atoms with Crippen molar-refractivity contribution in [3.05, 3.63) is 53.6 Å². The summed E-state index contributed by atoms with van der Waals surface area (Å²) in [6, 6.07) is 12.4. The van der Waals surface area contributed by atoms with Crippen molar-refractivity contribution in [1.82, 2.24) is 16.3 Å². The number of aromatic hydroxyl groups is 1. The highest BCUT2D eigenvalue weighted by Gasteiger charge is 2.30. The molecule has 1 aliphatic heterocycles. The molecule has 1 saturated heterocycles. The summed E-state index contributed by atoms with van der Waals surface area (Å²) >= 11 is 0. The van der Waals surface area contributed by atoms with Crippen LogP contribution in [0.3, 0.4) is 0 Å². The summed E-state index contributed by atoms with van der Waals surface area (Å²) in [5.41, 5.74) is 10.5. The van der Waals surface area contributed by atoms with Gasteiger partial charge in [0.15, 0.2) is 11.5 Å². The van der Waals surface area contributed by atoms with E-state index in [4.69, 9.17) is 9.47 Å². The molecule has 30 heavy (non-hydrogen) atoms. The van der Waals surface area contributed by atoms with E-state index in [9.17, 15) is 9.90 Å². The van der Waals surface area contributed by atoms with Crippen molar-refractivity contribution in [2.24, 2.45) is 5.10 Å². The fraction of sp³-hybridized carbons (Fsp3) is 0.364. The number of nitrogens with one attached hydrogen (secondary N) is 3. The maximum Gasteiger partial charge on any atom is 0.258 e. The summed E-state index contributed by atoms with van der Waals surface area (Å²) in [6.07, 6.45) is 3.08. The van der Waals surface area contributed by atoms with Gasteiger partial charge >= 0.3 is 0 Å². The van der Waals surface area contributed by atoms with Crippen LogP contribution in [0.2, 0.25) is 0 Å². The molecule has 1 amide bonds. The topological polar surface area (TPSA) is 104 Å². The third kappa shape index (κ3) is 5.71. The van der Waals surface area contributed by atoms with Crippen molar-refractivity contribution >= 4 is 12.1 Å². The highest BCUT2D eigenvalue weighted by Crippen LogP contribution is 2.26. The van der Waals surface area contributed by atoms with Crippen molar-refractivity contribution in [1.29, 1.82) is 0 Å². The van der Waals surface area contributed by atoms with E-state index in [1.165, 1.54) is 12.3 Å². The average molecular weight is 412 g/mol. The molecule has 2 atom stereocenters. The molecule has 3 rings (SSSR count). The van der Waals surface area contributed by atoms with Gasteiger partial charge in [-0.3, -0.25) is 4.79 Å². The lowest BCUT2D eigenvalue weighted by Gasteiger charge is -2.11. The van der Waals surface area contributed by atoms with Crippen molar-refractivity contribution in [2.75, 3.05) is 13.2 Å². The molecule has 0 aliphatic carbocycles. The van der Waals surface area contributed by atoms with Gasteiger partial charge in [-0.15, -0.1) is 0 Å². The zero-order valence-corrected chi connectivity index (χ0v) is 17.2. The molecule has 2 unspecified atom stereocenters. The minimum Gasteiger partial charge on any atom is -0.504 e. The number of rotatable bonds is 9. The van der Waals surface area contributed by atoms with Gasteiger partial charge in [-0.2, -0.15) is 5.10 Å². The third-order valence-electron chi connectivity index (χ3n) is 4.65. The Morgan fingerprint density at radius 2 is 2.00 bits per heavy atom. The first-order valence-corrected chi connectivity index (χ1v) is 10.1. The molecular formula is C22H28N4O4. The number of ether oxygens (including phenoxy) is 2. The number of hydrogen-bond acceptors (Lipinski definition) is 7. The van der Waals surface area contributed by atoms with Crippen molar-refractivity contribution in [3.63, 3.8) is 0 Å². The van der Waals surface area contributed by atoms with Crippen LogP contribution < -0.4 is 25.8 Å². The lowest BCUT2D eigenvalue weighted by Crippen LogP contribution is -2.41. The number of carbonyl (C=O) groups is 1. The molecule has 0 spiro atoms. The van der Waals surface area contributed by atoms with Gasteiger partial charge in [0.25, 0.3) is 5.91 Å². The highest BCUT2D eigenvalue weighted by atomic mass is 16.5. The summed E-state index contributed by atoms with van der Waals surface area (Å²) in [5.74, 6) is 1.06. The smallest absolute Gasteiger partial charge is 0.258 e. The molecule has 1 heterocycles. The van der Waals surface area contributed by atoms with E-state index in [0.29, 0.717) is 30.9 Å². The summed E-state index contributed by atoms with van der Waals surface area (Å²) in [6.45, 7) is 5.05. The van der Waals surface area contributed by atoms with E-state index in [-0.39, 0.29) is 17.7 Å². The summed E-state index contributed by atoms with van der Waals surface area (Å²) in [7, 11) is 0. The molecule has 1 fully saturated rings. The molecule has 8 heteroatoms. The minimum absolute atomic E-state index is 0.0239. The second-order valence-corrected chi connectivity index (χ2v) is 6.94. The lowest BCUT2D eigenvalue weighted by molar-refractivity contribution is -0.122. The molecule has 2 aromatic carbocycles. The molecule has 2 aromatic rings. The van der Waals surface area contributed by atoms with Gasteiger partial charge in [-0.25, -0.2) is 16.3 Å². The number of hydrazine groups is 1. The Bertz CT molecular complexity index is 870. The van der Waals surface area contributed by atoms with Gasteiger partial charge in [0.1, 0.15) is 11.8 Å². The van der Waals surface area contributed by atoms with Crippen molar-refractivity contribution in [3.8, 4) is 17.2 Å². The maximum absolute atomic E-state index is 12.4. The van der Waals surface area contributed by atoms with Gasteiger partial charge < -0.3 is 14.6 Å². The third-order valence-corrected chi connectivity index (χ3v) is 4.65. The SMILES string of the molecule is CCCOc1ccc(C2CC(C(=O)N/N=C/c3ccc(O)c(OCC)c3)NN2)cc1. The van der Waals surface area contributed by atoms with Gasteiger partial charge in [0, 0.05) is 6.04 Å². The summed E-state index contributed by atoms with van der Waals surface area (Å²) in [4.78, 5) is 12.4. The van der Waals surface area contributed by atoms with E-state index in [1.54, 1.807) is 12.1 Å². The number of amides is 1. The highest BCUT2D eigenvalue weighted by molar-refractivity contribution is 5.85. The standard InChI is InChI=1S/C22H28N4O4/c1-3-11-30-17-8-6-16(7-9-17)18-13-19(25-24-18)22(28)26-23-14-15-5-10-20(27)21(12-15)29-4-2/h5-10,12,14,18-19,24-25,27H,3-4,11,13H2,1-2H3,(H,26,28)/b23-14+. The molecule has 0 saturated carbocycles. The van der Waals surface area contributed by atoms with Crippen LogP contribution in [0.5, 0.6) is 17.2 Å². The first kappa shape index (κ1) is 21.6. The molecular weight excluding hydrogens is 384 g/mol. The minimum atomic E-state index is -0.401. The molecule has 4 N–H and O–H groups in total. The number of carbonyl (C=O) groups excluding carboxylic acids is 1. The maximum atomic E-state index is 12.4. The summed E-state index contributed by atoms with van der Waals surface area (Å²) in [5, 5.41) is 13.7. The van der Waals surface area contributed by atoms with E-state index in [0.717, 1.165) is 17.7 Å². The van der Waals surface area contributed by atoms with Crippen LogP contribution in [-0.4, -0.2) is 36.5 Å². The molecule has 0 bridgehead atoms. The zero-order valence-electron chi connectivity index (χ0n) is 17.2. The monoisotopic (exact) mass is 412 g/mol. The number of hydrazone groups is 1. The van der Waals surface area contributed by atoms with Crippen LogP contribution in [0.1, 0.15) is 43.9 Å². The van der Waals surface area contributed by atoms with Crippen molar-refractivity contribution < 1.29 is 19.4 Å². The van der Waals surface area contributed by atoms with Crippen molar-refractivity contribution in [2.45, 2.75) is 38.8 Å². The van der Waals surface area contributed by atoms with E-state index in [2.05, 4.69) is 28.3 Å². The molecule has 8 nitrogen and oxygen atoms in total. The average Bonchev–Trinajstić information content (AvgIpc) is 3.25. The lowest BCUT2D eigenvalue weighted by atomic mass is 10.0. The van der Waals surface area contributed by atoms with Gasteiger partial charge in [-0.1, -0.05) is 19.1 Å². The van der Waals surface area contributed by atoms with Crippen LogP contribution in [-0.2, 0) is 4.79 Å². The molecule has 0 aromatic heterocycles. The van der Waals surface area contributed by atoms with Crippen LogP contribution in [0.25, 0.3) is 0 Å². The molecule has 1 aliphatic rings. The van der Waals surface area contributed by atoms with Crippen LogP contribution in [0, 0.1) is 0 Å². The second-order valence-electron chi connectivity index (χ2n) is 6.94. The number of nitrogens with zero attached hydrogens (tertiary/aromatic N) is 1. The Morgan fingerprint density at radius 3 is 2.73 bits per heavy atom. The Hall–Kier alpha value is -3.10. The molecule has 0 radical (unpaired) electrons. The van der Waals surface area contributed by atoms with Gasteiger partial charge in [-0.05, 0) is 61.2 Å². The second kappa shape index (κ2) is 10.6. The number of phenolic OH excluding ortho intramolecular Hbond substituents is 1. The van der Waals surface area contributed by atoms with E-state index >= 15 is 0 Å². The Kier molecular flexibility index (Phi) is 7.64. The molecule has 160 valence electrons. The summed E-state index contributed by atoms with van der Waals surface area (Å²) < 4.78 is 10.9. The first-order valence-electron chi connectivity index (χ1n) is 10.1. The number of phenols is 1. The Balaban J connectivity index is 1.51. The van der Waals surface area contributed by atoms with Gasteiger partial charge in [0.2, 0.25) is 0 Å². The van der Waals surface area contributed by atoms with Crippen LogP contribution in [0.4, 0.5) is 0 Å². The quantitative estimate of drug-likeness (QED) is 0.373. The number of benzene rings is 2. The van der Waals surface area contributed by atoms with E-state index < -0.39 is 6.04 Å². The Labute approximate surface area is 176 Å². The van der Waals surface area contributed by atoms with Gasteiger partial charge in [0.05, 0.1) is 19.4 Å². The normalized spacial score (nSPS) is 18.5. The first-order chi connectivity index (χ1) is 14.6. The Morgan fingerprint density at radius 1 is 1.20 bits per heavy atom. The number of hydrogen-bond donors (Lipinski definition) is 4. The van der Waals surface area contributed by atoms with Crippen LogP contribution in [0.15, 0.2) is 47.6 Å².